The van der Waals surface area contributed by atoms with E-state index in [-0.39, 0.29) is 17.6 Å². The molecule has 1 amide bonds. The number of halogens is 2. The van der Waals surface area contributed by atoms with Crippen molar-refractivity contribution in [2.45, 2.75) is 45.1 Å². The van der Waals surface area contributed by atoms with Crippen LogP contribution in [0.1, 0.15) is 49.5 Å². The highest BCUT2D eigenvalue weighted by Gasteiger charge is 2.27. The molecule has 1 aromatic rings. The zero-order chi connectivity index (χ0) is 13.8. The topological polar surface area (TPSA) is 33.2 Å². The smallest absolute Gasteiger partial charge is 0.274 e. The Morgan fingerprint density at radius 1 is 1.37 bits per heavy atom. The first kappa shape index (κ1) is 14.6. The highest BCUT2D eigenvalue weighted by Crippen LogP contribution is 2.24. The van der Waals surface area contributed by atoms with Crippen molar-refractivity contribution in [1.29, 1.82) is 0 Å². The van der Waals surface area contributed by atoms with Crippen LogP contribution in [-0.4, -0.2) is 28.4 Å². The highest BCUT2D eigenvalue weighted by molar-refractivity contribution is 6.34. The Morgan fingerprint density at radius 3 is 2.89 bits per heavy atom. The molecule has 0 spiro atoms. The van der Waals surface area contributed by atoms with Crippen LogP contribution in [0, 0.1) is 0 Å². The number of hydrogen-bond donors (Lipinski definition) is 0. The molecule has 0 aromatic carbocycles. The van der Waals surface area contributed by atoms with Gasteiger partial charge in [-0.25, -0.2) is 4.98 Å². The van der Waals surface area contributed by atoms with E-state index >= 15 is 0 Å². The molecule has 0 radical (unpaired) electrons. The van der Waals surface area contributed by atoms with Gasteiger partial charge in [0.05, 0.1) is 5.02 Å². The Morgan fingerprint density at radius 2 is 2.16 bits per heavy atom. The molecule has 1 fully saturated rings. The fourth-order valence-electron chi connectivity index (χ4n) is 2.57. The summed E-state index contributed by atoms with van der Waals surface area (Å²) in [6, 6.07) is 3.51. The standard InChI is InChI=1S/C14H18Cl2N2O/c1-2-10-6-4-3-5-9-18(10)14(19)13-11(15)7-8-12(16)17-13/h7-8,10H,2-6,9H2,1H3. The minimum absolute atomic E-state index is 0.0961. The van der Waals surface area contributed by atoms with E-state index in [0.29, 0.717) is 10.2 Å². The van der Waals surface area contributed by atoms with Crippen LogP contribution in [0.4, 0.5) is 0 Å². The molecule has 1 saturated heterocycles. The van der Waals surface area contributed by atoms with Gasteiger partial charge >= 0.3 is 0 Å². The molecule has 1 atom stereocenters. The van der Waals surface area contributed by atoms with E-state index in [1.165, 1.54) is 12.8 Å². The normalized spacial score (nSPS) is 20.2. The van der Waals surface area contributed by atoms with Crippen LogP contribution < -0.4 is 0 Å². The van der Waals surface area contributed by atoms with Gasteiger partial charge in [0.1, 0.15) is 10.8 Å². The van der Waals surface area contributed by atoms with Gasteiger partial charge in [0.25, 0.3) is 5.91 Å². The Labute approximate surface area is 123 Å². The second-order valence-electron chi connectivity index (χ2n) is 4.87. The van der Waals surface area contributed by atoms with Gasteiger partial charge in [0, 0.05) is 12.6 Å². The van der Waals surface area contributed by atoms with Crippen LogP contribution in [0.5, 0.6) is 0 Å². The van der Waals surface area contributed by atoms with Gasteiger partial charge in [0.15, 0.2) is 0 Å². The van der Waals surface area contributed by atoms with Crippen LogP contribution in [0.2, 0.25) is 10.2 Å². The summed E-state index contributed by atoms with van der Waals surface area (Å²) in [5, 5.41) is 0.670. The zero-order valence-electron chi connectivity index (χ0n) is 11.0. The van der Waals surface area contributed by atoms with Gasteiger partial charge in [-0.05, 0) is 31.4 Å². The zero-order valence-corrected chi connectivity index (χ0v) is 12.5. The van der Waals surface area contributed by atoms with E-state index < -0.39 is 0 Å². The van der Waals surface area contributed by atoms with Crippen molar-refractivity contribution in [2.24, 2.45) is 0 Å². The van der Waals surface area contributed by atoms with Crippen LogP contribution in [0.3, 0.4) is 0 Å². The number of amides is 1. The maximum absolute atomic E-state index is 12.6. The van der Waals surface area contributed by atoms with E-state index in [4.69, 9.17) is 23.2 Å². The first-order valence-electron chi connectivity index (χ1n) is 6.76. The molecule has 1 aromatic heterocycles. The summed E-state index contributed by atoms with van der Waals surface area (Å²) < 4.78 is 0. The predicted molar refractivity (Wildman–Crippen MR) is 77.8 cm³/mol. The maximum Gasteiger partial charge on any atom is 0.274 e. The third-order valence-corrected chi connectivity index (χ3v) is 4.14. The average Bonchev–Trinajstić information content (AvgIpc) is 2.65. The molecule has 0 N–H and O–H groups in total. The van der Waals surface area contributed by atoms with Crippen molar-refractivity contribution >= 4 is 29.1 Å². The summed E-state index contributed by atoms with van der Waals surface area (Å²) >= 11 is 11.9. The summed E-state index contributed by atoms with van der Waals surface area (Å²) in [5.41, 5.74) is 0.273. The van der Waals surface area contributed by atoms with E-state index in [2.05, 4.69) is 11.9 Å². The minimum Gasteiger partial charge on any atom is -0.334 e. The monoisotopic (exact) mass is 300 g/mol. The Bertz CT molecular complexity index is 465. The Kier molecular flexibility index (Phi) is 5.06. The molecule has 0 aliphatic carbocycles. The summed E-state index contributed by atoms with van der Waals surface area (Å²) in [6.07, 6.45) is 5.42. The van der Waals surface area contributed by atoms with Crippen molar-refractivity contribution in [2.75, 3.05) is 6.54 Å². The van der Waals surface area contributed by atoms with Crippen LogP contribution in [-0.2, 0) is 0 Å². The molecule has 2 rings (SSSR count). The number of rotatable bonds is 2. The highest BCUT2D eigenvalue weighted by atomic mass is 35.5. The molecule has 2 heterocycles. The molecular weight excluding hydrogens is 283 g/mol. The third kappa shape index (κ3) is 3.40. The van der Waals surface area contributed by atoms with Crippen LogP contribution in [0.25, 0.3) is 0 Å². The lowest BCUT2D eigenvalue weighted by Crippen LogP contribution is -2.40. The molecule has 5 heteroatoms. The SMILES string of the molecule is CCC1CCCCCN1C(=O)c1nc(Cl)ccc1Cl. The lowest BCUT2D eigenvalue weighted by molar-refractivity contribution is 0.0672. The third-order valence-electron chi connectivity index (χ3n) is 3.62. The largest absolute Gasteiger partial charge is 0.334 e. The molecule has 1 aliphatic rings. The quantitative estimate of drug-likeness (QED) is 0.768. The first-order chi connectivity index (χ1) is 9.13. The molecule has 3 nitrogen and oxygen atoms in total. The second-order valence-corrected chi connectivity index (χ2v) is 5.67. The van der Waals surface area contributed by atoms with E-state index in [0.717, 1.165) is 25.8 Å². The molecular formula is C14H18Cl2N2O. The van der Waals surface area contributed by atoms with Crippen LogP contribution in [0.15, 0.2) is 12.1 Å². The lowest BCUT2D eigenvalue weighted by atomic mass is 10.1. The number of nitrogens with zero attached hydrogens (tertiary/aromatic N) is 2. The van der Waals surface area contributed by atoms with Crippen molar-refractivity contribution in [3.63, 3.8) is 0 Å². The predicted octanol–water partition coefficient (Wildman–Crippen LogP) is 4.18. The minimum atomic E-state index is -0.0961. The molecule has 0 saturated carbocycles. The van der Waals surface area contributed by atoms with Crippen molar-refractivity contribution in [3.05, 3.63) is 28.0 Å². The number of likely N-dealkylation sites (tertiary alicyclic amines) is 1. The maximum atomic E-state index is 12.6. The van der Waals surface area contributed by atoms with Crippen molar-refractivity contribution in [3.8, 4) is 0 Å². The molecule has 0 bridgehead atoms. The van der Waals surface area contributed by atoms with Gasteiger partial charge in [-0.1, -0.05) is 43.0 Å². The first-order valence-corrected chi connectivity index (χ1v) is 7.52. The molecule has 1 unspecified atom stereocenters. The number of pyridine rings is 1. The van der Waals surface area contributed by atoms with E-state index in [9.17, 15) is 4.79 Å². The summed E-state index contributed by atoms with van der Waals surface area (Å²) in [6.45, 7) is 2.89. The lowest BCUT2D eigenvalue weighted by Gasteiger charge is -2.29. The van der Waals surface area contributed by atoms with E-state index in [1.54, 1.807) is 12.1 Å². The van der Waals surface area contributed by atoms with Gasteiger partial charge in [-0.15, -0.1) is 0 Å². The van der Waals surface area contributed by atoms with Crippen molar-refractivity contribution in [1.82, 2.24) is 9.88 Å². The number of hydrogen-bond acceptors (Lipinski definition) is 2. The molecule has 104 valence electrons. The number of aromatic nitrogens is 1. The number of carbonyl (C=O) groups excluding carboxylic acids is 1. The molecule has 1 aliphatic heterocycles. The average molecular weight is 301 g/mol. The fraction of sp³-hybridized carbons (Fsp3) is 0.571. The Hall–Kier alpha value is -0.800. The van der Waals surface area contributed by atoms with Gasteiger partial charge in [0.2, 0.25) is 0 Å². The fourth-order valence-corrected chi connectivity index (χ4v) is 2.91. The van der Waals surface area contributed by atoms with Gasteiger partial charge in [-0.2, -0.15) is 0 Å². The Balaban J connectivity index is 2.27. The number of carbonyl (C=O) groups is 1. The summed E-state index contributed by atoms with van der Waals surface area (Å²) in [7, 11) is 0. The van der Waals surface area contributed by atoms with Gasteiger partial charge in [-0.3, -0.25) is 4.79 Å². The van der Waals surface area contributed by atoms with E-state index in [1.807, 2.05) is 4.90 Å². The molecule has 19 heavy (non-hydrogen) atoms. The van der Waals surface area contributed by atoms with Crippen LogP contribution >= 0.6 is 23.2 Å². The summed E-state index contributed by atoms with van der Waals surface area (Å²) in [5.74, 6) is -0.0961. The summed E-state index contributed by atoms with van der Waals surface area (Å²) in [4.78, 5) is 18.6. The second kappa shape index (κ2) is 6.58. The van der Waals surface area contributed by atoms with Crippen molar-refractivity contribution < 1.29 is 4.79 Å². The van der Waals surface area contributed by atoms with Gasteiger partial charge < -0.3 is 4.90 Å².